The molecule has 0 amide bonds. The Labute approximate surface area is 102 Å². The van der Waals surface area contributed by atoms with Crippen LogP contribution in [0.15, 0.2) is 16.8 Å². The van der Waals surface area contributed by atoms with Crippen molar-refractivity contribution in [3.8, 4) is 0 Å². The topological polar surface area (TPSA) is 21.3 Å². The van der Waals surface area contributed by atoms with Gasteiger partial charge in [-0.2, -0.15) is 11.3 Å². The van der Waals surface area contributed by atoms with E-state index >= 15 is 0 Å². The fourth-order valence-electron chi connectivity index (χ4n) is 1.67. The first kappa shape index (κ1) is 12.1. The van der Waals surface area contributed by atoms with Gasteiger partial charge >= 0.3 is 0 Å². The lowest BCUT2D eigenvalue weighted by Crippen LogP contribution is -2.20. The molecule has 1 aromatic heterocycles. The molecule has 0 aliphatic heterocycles. The summed E-state index contributed by atoms with van der Waals surface area (Å²) in [4.78, 5) is 0. The Morgan fingerprint density at radius 2 is 2.44 bits per heavy atom. The fraction of sp³-hybridized carbons (Fsp3) is 0.692. The molecule has 3 heteroatoms. The molecule has 1 aliphatic rings. The molecule has 16 heavy (non-hydrogen) atoms. The molecule has 1 heterocycles. The predicted octanol–water partition coefficient (Wildman–Crippen LogP) is 3.22. The SMILES string of the molecule is CC(NCCCOCC1CC1)c1ccsc1. The van der Waals surface area contributed by atoms with Crippen LogP contribution in [0.1, 0.15) is 37.8 Å². The maximum Gasteiger partial charge on any atom is 0.0494 e. The van der Waals surface area contributed by atoms with Crippen LogP contribution in [-0.2, 0) is 4.74 Å². The molecule has 0 bridgehead atoms. The molecular formula is C13H21NOS. The molecule has 0 spiro atoms. The minimum Gasteiger partial charge on any atom is -0.381 e. The smallest absolute Gasteiger partial charge is 0.0494 e. The summed E-state index contributed by atoms with van der Waals surface area (Å²) in [5.74, 6) is 0.887. The standard InChI is InChI=1S/C13H21NOS/c1-11(13-5-8-16-10-13)14-6-2-7-15-9-12-3-4-12/h5,8,10-12,14H,2-4,6-7,9H2,1H3. The molecule has 0 saturated heterocycles. The van der Waals surface area contributed by atoms with Crippen LogP contribution in [0, 0.1) is 5.92 Å². The third-order valence-electron chi connectivity index (χ3n) is 3.01. The van der Waals surface area contributed by atoms with E-state index in [9.17, 15) is 0 Å². The number of rotatable bonds is 8. The number of ether oxygens (including phenoxy) is 1. The molecule has 0 radical (unpaired) electrons. The van der Waals surface area contributed by atoms with Crippen molar-refractivity contribution in [2.24, 2.45) is 5.92 Å². The van der Waals surface area contributed by atoms with E-state index in [1.807, 2.05) is 0 Å². The summed E-state index contributed by atoms with van der Waals surface area (Å²) in [5, 5.41) is 7.86. The van der Waals surface area contributed by atoms with Crippen molar-refractivity contribution in [1.29, 1.82) is 0 Å². The van der Waals surface area contributed by atoms with E-state index in [4.69, 9.17) is 4.74 Å². The van der Waals surface area contributed by atoms with Crippen molar-refractivity contribution in [3.05, 3.63) is 22.4 Å². The lowest BCUT2D eigenvalue weighted by atomic mass is 10.2. The van der Waals surface area contributed by atoms with Gasteiger partial charge in [-0.1, -0.05) is 0 Å². The van der Waals surface area contributed by atoms with Gasteiger partial charge in [-0.25, -0.2) is 0 Å². The van der Waals surface area contributed by atoms with Crippen LogP contribution in [0.25, 0.3) is 0 Å². The van der Waals surface area contributed by atoms with Crippen LogP contribution >= 0.6 is 11.3 Å². The van der Waals surface area contributed by atoms with Crippen LogP contribution in [0.2, 0.25) is 0 Å². The molecule has 0 aromatic carbocycles. The van der Waals surface area contributed by atoms with Gasteiger partial charge in [-0.3, -0.25) is 0 Å². The zero-order valence-electron chi connectivity index (χ0n) is 9.95. The first-order valence-corrected chi connectivity index (χ1v) is 7.14. The largest absolute Gasteiger partial charge is 0.381 e. The first-order chi connectivity index (χ1) is 7.86. The second-order valence-electron chi connectivity index (χ2n) is 4.60. The minimum atomic E-state index is 0.467. The van der Waals surface area contributed by atoms with Gasteiger partial charge in [0.25, 0.3) is 0 Å². The number of hydrogen-bond acceptors (Lipinski definition) is 3. The number of hydrogen-bond donors (Lipinski definition) is 1. The van der Waals surface area contributed by atoms with Crippen LogP contribution < -0.4 is 5.32 Å². The zero-order valence-corrected chi connectivity index (χ0v) is 10.8. The Morgan fingerprint density at radius 1 is 1.56 bits per heavy atom. The summed E-state index contributed by atoms with van der Waals surface area (Å²) in [5.41, 5.74) is 1.39. The van der Waals surface area contributed by atoms with Gasteiger partial charge in [0.1, 0.15) is 0 Å². The van der Waals surface area contributed by atoms with Crippen LogP contribution in [0.5, 0.6) is 0 Å². The number of nitrogens with one attached hydrogen (secondary N) is 1. The van der Waals surface area contributed by atoms with E-state index < -0.39 is 0 Å². The molecule has 1 fully saturated rings. The van der Waals surface area contributed by atoms with Crippen LogP contribution in [0.4, 0.5) is 0 Å². The van der Waals surface area contributed by atoms with Gasteiger partial charge in [0.2, 0.25) is 0 Å². The number of thiophene rings is 1. The van der Waals surface area contributed by atoms with Gasteiger partial charge in [-0.15, -0.1) is 0 Å². The second-order valence-corrected chi connectivity index (χ2v) is 5.38. The summed E-state index contributed by atoms with van der Waals surface area (Å²) < 4.78 is 5.59. The molecular weight excluding hydrogens is 218 g/mol. The highest BCUT2D eigenvalue weighted by Gasteiger charge is 2.20. The van der Waals surface area contributed by atoms with Crippen molar-refractivity contribution in [2.45, 2.75) is 32.2 Å². The monoisotopic (exact) mass is 239 g/mol. The Balaban J connectivity index is 1.47. The third-order valence-corrected chi connectivity index (χ3v) is 3.71. The molecule has 2 nitrogen and oxygen atoms in total. The van der Waals surface area contributed by atoms with E-state index in [1.165, 1.54) is 18.4 Å². The Bertz CT molecular complexity index is 282. The van der Waals surface area contributed by atoms with Gasteiger partial charge in [-0.05, 0) is 61.0 Å². The molecule has 1 N–H and O–H groups in total. The highest BCUT2D eigenvalue weighted by molar-refractivity contribution is 7.07. The Morgan fingerprint density at radius 3 is 3.12 bits per heavy atom. The van der Waals surface area contributed by atoms with Crippen molar-refractivity contribution in [1.82, 2.24) is 5.32 Å². The minimum absolute atomic E-state index is 0.467. The lowest BCUT2D eigenvalue weighted by Gasteiger charge is -2.12. The summed E-state index contributed by atoms with van der Waals surface area (Å²) in [6.07, 6.45) is 3.88. The van der Waals surface area contributed by atoms with E-state index in [0.29, 0.717) is 6.04 Å². The molecule has 1 saturated carbocycles. The van der Waals surface area contributed by atoms with E-state index in [-0.39, 0.29) is 0 Å². The molecule has 90 valence electrons. The second kappa shape index (κ2) is 6.38. The van der Waals surface area contributed by atoms with Gasteiger partial charge in [0.15, 0.2) is 0 Å². The van der Waals surface area contributed by atoms with Crippen LogP contribution in [0.3, 0.4) is 0 Å². The van der Waals surface area contributed by atoms with Crippen molar-refractivity contribution in [3.63, 3.8) is 0 Å². The van der Waals surface area contributed by atoms with Gasteiger partial charge in [0.05, 0.1) is 0 Å². The third kappa shape index (κ3) is 4.24. The lowest BCUT2D eigenvalue weighted by molar-refractivity contribution is 0.121. The van der Waals surface area contributed by atoms with E-state index in [1.54, 1.807) is 11.3 Å². The van der Waals surface area contributed by atoms with Gasteiger partial charge in [0, 0.05) is 19.3 Å². The van der Waals surface area contributed by atoms with Crippen molar-refractivity contribution < 1.29 is 4.74 Å². The summed E-state index contributed by atoms with van der Waals surface area (Å²) in [6.45, 7) is 5.15. The molecule has 1 aliphatic carbocycles. The predicted molar refractivity (Wildman–Crippen MR) is 68.9 cm³/mol. The maximum absolute atomic E-state index is 5.59. The van der Waals surface area contributed by atoms with E-state index in [2.05, 4.69) is 29.1 Å². The average Bonchev–Trinajstić information content (AvgIpc) is 2.95. The zero-order chi connectivity index (χ0) is 11.2. The van der Waals surface area contributed by atoms with Gasteiger partial charge < -0.3 is 10.1 Å². The Kier molecular flexibility index (Phi) is 4.82. The Hall–Kier alpha value is -0.380. The normalized spacial score (nSPS) is 17.6. The average molecular weight is 239 g/mol. The molecule has 1 unspecified atom stereocenters. The molecule has 1 atom stereocenters. The van der Waals surface area contributed by atoms with Crippen molar-refractivity contribution in [2.75, 3.05) is 19.8 Å². The summed E-state index contributed by atoms with van der Waals surface area (Å²) >= 11 is 1.76. The van der Waals surface area contributed by atoms with Crippen molar-refractivity contribution >= 4 is 11.3 Å². The highest BCUT2D eigenvalue weighted by Crippen LogP contribution is 2.28. The highest BCUT2D eigenvalue weighted by atomic mass is 32.1. The van der Waals surface area contributed by atoms with Crippen LogP contribution in [-0.4, -0.2) is 19.8 Å². The van der Waals surface area contributed by atoms with E-state index in [0.717, 1.165) is 32.1 Å². The molecule has 2 rings (SSSR count). The quantitative estimate of drug-likeness (QED) is 0.703. The fourth-order valence-corrected chi connectivity index (χ4v) is 2.42. The maximum atomic E-state index is 5.59. The first-order valence-electron chi connectivity index (χ1n) is 6.19. The molecule has 1 aromatic rings. The summed E-state index contributed by atoms with van der Waals surface area (Å²) in [7, 11) is 0. The summed E-state index contributed by atoms with van der Waals surface area (Å²) in [6, 6.07) is 2.65.